The Morgan fingerprint density at radius 2 is 2.27 bits per heavy atom. The minimum Gasteiger partial charge on any atom is -0.748 e. The molecule has 0 radical (unpaired) electrons. The van der Waals surface area contributed by atoms with Crippen LogP contribution in [0.4, 0.5) is 0 Å². The molecule has 15 heavy (non-hydrogen) atoms. The van der Waals surface area contributed by atoms with Crippen LogP contribution < -0.4 is 4.57 Å². The number of imidazole rings is 1. The van der Waals surface area contributed by atoms with Gasteiger partial charge in [-0.05, 0) is 6.42 Å². The molecule has 0 saturated carbocycles. The molecule has 0 aliphatic carbocycles. The molecule has 0 unspecified atom stereocenters. The largest absolute Gasteiger partial charge is 0.748 e. The fourth-order valence-corrected chi connectivity index (χ4v) is 1.38. The maximum atomic E-state index is 9.83. The first-order valence-electron chi connectivity index (χ1n) is 4.59. The highest BCUT2D eigenvalue weighted by molar-refractivity contribution is 7.85. The lowest BCUT2D eigenvalue weighted by molar-refractivity contribution is -0.566. The highest BCUT2D eigenvalue weighted by Gasteiger charge is 1.90. The molecule has 5 nitrogen and oxygen atoms in total. The van der Waals surface area contributed by atoms with Gasteiger partial charge in [0.15, 0.2) is 0 Å². The van der Waals surface area contributed by atoms with E-state index in [9.17, 15) is 13.0 Å². The standard InChI is InChI=1S/C5H6N2.C4H10O3S/c1-2-7-4-3-6-5-7;1-2-3-4-8(5,6)7/h2-5H,1H2;2-4H2,1H3,(H,5,6,7). The van der Waals surface area contributed by atoms with Crippen molar-refractivity contribution in [2.24, 2.45) is 0 Å². The zero-order valence-corrected chi connectivity index (χ0v) is 9.53. The number of unbranched alkanes of at least 4 members (excludes halogenated alkanes) is 1. The second-order valence-electron chi connectivity index (χ2n) is 2.86. The Balaban J connectivity index is 0.000000262. The zero-order chi connectivity index (χ0) is 11.7. The summed E-state index contributed by atoms with van der Waals surface area (Å²) >= 11 is 0. The second-order valence-corrected chi connectivity index (χ2v) is 4.38. The van der Waals surface area contributed by atoms with Crippen LogP contribution in [0.15, 0.2) is 25.3 Å². The van der Waals surface area contributed by atoms with E-state index >= 15 is 0 Å². The predicted octanol–water partition coefficient (Wildman–Crippen LogP) is 0.734. The van der Waals surface area contributed by atoms with Gasteiger partial charge in [0.2, 0.25) is 6.33 Å². The van der Waals surface area contributed by atoms with Crippen molar-refractivity contribution in [1.29, 1.82) is 0 Å². The second kappa shape index (κ2) is 7.19. The summed E-state index contributed by atoms with van der Waals surface area (Å²) in [5.74, 6) is -0.219. The molecule has 0 aromatic carbocycles. The van der Waals surface area contributed by atoms with Gasteiger partial charge in [-0.3, -0.25) is 0 Å². The lowest BCUT2D eigenvalue weighted by Gasteiger charge is -2.02. The molecule has 86 valence electrons. The zero-order valence-electron chi connectivity index (χ0n) is 8.72. The molecule has 1 N–H and O–H groups in total. The van der Waals surface area contributed by atoms with E-state index < -0.39 is 10.1 Å². The van der Waals surface area contributed by atoms with Crippen molar-refractivity contribution in [2.75, 3.05) is 5.75 Å². The SMILES string of the molecule is C=C[n+]1cc[nH]c1.CCCCS(=O)(=O)[O-]. The number of rotatable bonds is 4. The Morgan fingerprint density at radius 3 is 2.47 bits per heavy atom. The van der Waals surface area contributed by atoms with Gasteiger partial charge in [0.1, 0.15) is 12.4 Å². The normalized spacial score (nSPS) is 10.3. The third-order valence-electron chi connectivity index (χ3n) is 1.53. The van der Waals surface area contributed by atoms with Gasteiger partial charge in [0.25, 0.3) is 0 Å². The van der Waals surface area contributed by atoms with Crippen molar-refractivity contribution in [3.63, 3.8) is 0 Å². The number of nitrogens with zero attached hydrogens (tertiary/aromatic N) is 1. The van der Waals surface area contributed by atoms with Gasteiger partial charge in [-0.25, -0.2) is 18.0 Å². The molecule has 0 saturated heterocycles. The molecule has 6 heteroatoms. The van der Waals surface area contributed by atoms with Crippen LogP contribution in [0.25, 0.3) is 6.20 Å². The molecule has 0 aliphatic heterocycles. The molecule has 1 aromatic heterocycles. The topological polar surface area (TPSA) is 76.9 Å². The molecular weight excluding hydrogens is 216 g/mol. The molecule has 0 amide bonds. The first-order chi connectivity index (χ1) is 6.99. The van der Waals surface area contributed by atoms with Crippen LogP contribution in [0.2, 0.25) is 0 Å². The maximum Gasteiger partial charge on any atom is 0.246 e. The number of nitrogens with one attached hydrogen (secondary N) is 1. The van der Waals surface area contributed by atoms with Gasteiger partial charge in [-0.2, -0.15) is 0 Å². The van der Waals surface area contributed by atoms with Crippen molar-refractivity contribution in [1.82, 2.24) is 4.98 Å². The molecule has 0 atom stereocenters. The highest BCUT2D eigenvalue weighted by atomic mass is 32.2. The van der Waals surface area contributed by atoms with Gasteiger partial charge in [0.05, 0.1) is 16.3 Å². The molecule has 0 spiro atoms. The monoisotopic (exact) mass is 232 g/mol. The molecule has 0 aliphatic rings. The van der Waals surface area contributed by atoms with Gasteiger partial charge < -0.3 is 4.55 Å². The summed E-state index contributed by atoms with van der Waals surface area (Å²) < 4.78 is 31.3. The van der Waals surface area contributed by atoms with E-state index in [1.807, 2.05) is 30.2 Å². The summed E-state index contributed by atoms with van der Waals surface area (Å²) in [6, 6.07) is 0. The summed E-state index contributed by atoms with van der Waals surface area (Å²) in [7, 11) is -3.94. The van der Waals surface area contributed by atoms with Crippen LogP contribution in [0, 0.1) is 0 Å². The van der Waals surface area contributed by atoms with Crippen molar-refractivity contribution in [3.8, 4) is 0 Å². The smallest absolute Gasteiger partial charge is 0.246 e. The molecule has 1 rings (SSSR count). The van der Waals surface area contributed by atoms with Gasteiger partial charge >= 0.3 is 0 Å². The van der Waals surface area contributed by atoms with E-state index in [0.717, 1.165) is 6.42 Å². The first-order valence-corrected chi connectivity index (χ1v) is 6.17. The lowest BCUT2D eigenvalue weighted by Crippen LogP contribution is -2.19. The van der Waals surface area contributed by atoms with Crippen LogP contribution >= 0.6 is 0 Å². The maximum absolute atomic E-state index is 9.83. The van der Waals surface area contributed by atoms with Crippen molar-refractivity contribution in [3.05, 3.63) is 25.3 Å². The van der Waals surface area contributed by atoms with Crippen LogP contribution in [0.5, 0.6) is 0 Å². The van der Waals surface area contributed by atoms with Gasteiger partial charge in [-0.1, -0.05) is 19.9 Å². The minimum absolute atomic E-state index is 0.219. The summed E-state index contributed by atoms with van der Waals surface area (Å²) in [5.41, 5.74) is 0. The summed E-state index contributed by atoms with van der Waals surface area (Å²) in [6.45, 7) is 5.38. The molecule has 0 bridgehead atoms. The average Bonchev–Trinajstić information content (AvgIpc) is 2.67. The molecule has 1 aromatic rings. The Hall–Kier alpha value is -1.14. The first kappa shape index (κ1) is 13.9. The number of aromatic nitrogens is 2. The number of aromatic amines is 1. The van der Waals surface area contributed by atoms with Crippen molar-refractivity contribution in [2.45, 2.75) is 19.8 Å². The fourth-order valence-electron chi connectivity index (χ4n) is 0.736. The highest BCUT2D eigenvalue weighted by Crippen LogP contribution is 1.90. The number of hydrogen-bond donors (Lipinski definition) is 1. The van der Waals surface area contributed by atoms with Crippen molar-refractivity contribution >= 4 is 16.3 Å². The Kier molecular flexibility index (Phi) is 6.64. The van der Waals surface area contributed by atoms with Gasteiger partial charge in [0, 0.05) is 5.75 Å². The summed E-state index contributed by atoms with van der Waals surface area (Å²) in [5, 5.41) is 0. The Morgan fingerprint density at radius 1 is 1.60 bits per heavy atom. The fraction of sp³-hybridized carbons (Fsp3) is 0.444. The number of H-pyrrole nitrogens is 1. The lowest BCUT2D eigenvalue weighted by atomic mass is 10.4. The summed E-state index contributed by atoms with van der Waals surface area (Å²) in [4.78, 5) is 2.87. The Labute approximate surface area is 90.2 Å². The van der Waals surface area contributed by atoms with E-state index in [1.165, 1.54) is 0 Å². The third kappa shape index (κ3) is 9.17. The average molecular weight is 232 g/mol. The van der Waals surface area contributed by atoms with E-state index in [-0.39, 0.29) is 5.75 Å². The van der Waals surface area contributed by atoms with Crippen LogP contribution in [-0.2, 0) is 10.1 Å². The molecule has 1 heterocycles. The number of hydrogen-bond acceptors (Lipinski definition) is 3. The van der Waals surface area contributed by atoms with E-state index in [4.69, 9.17) is 0 Å². The van der Waals surface area contributed by atoms with Crippen LogP contribution in [-0.4, -0.2) is 23.7 Å². The third-order valence-corrected chi connectivity index (χ3v) is 2.31. The summed E-state index contributed by atoms with van der Waals surface area (Å²) in [6.07, 6.45) is 8.48. The van der Waals surface area contributed by atoms with Crippen molar-refractivity contribution < 1.29 is 17.5 Å². The minimum atomic E-state index is -3.94. The van der Waals surface area contributed by atoms with E-state index in [2.05, 4.69) is 11.6 Å². The van der Waals surface area contributed by atoms with E-state index in [0.29, 0.717) is 6.42 Å². The van der Waals surface area contributed by atoms with Gasteiger partial charge in [-0.15, -0.1) is 0 Å². The molecule has 0 fully saturated rings. The Bertz CT molecular complexity index is 357. The van der Waals surface area contributed by atoms with Crippen LogP contribution in [0.1, 0.15) is 19.8 Å². The predicted molar refractivity (Wildman–Crippen MR) is 56.8 cm³/mol. The van der Waals surface area contributed by atoms with Crippen LogP contribution in [0.3, 0.4) is 0 Å². The quantitative estimate of drug-likeness (QED) is 0.614. The molecular formula is C9H16N2O3S. The van der Waals surface area contributed by atoms with E-state index in [1.54, 1.807) is 6.20 Å².